The number of aliphatic hydroxyl groups is 1. The largest absolute Gasteiger partial charge is 0.395 e. The molecule has 0 aliphatic heterocycles. The third kappa shape index (κ3) is 3.72. The van der Waals surface area contributed by atoms with Gasteiger partial charge >= 0.3 is 0 Å². The molecule has 0 unspecified atom stereocenters. The lowest BCUT2D eigenvalue weighted by atomic mass is 10.2. The van der Waals surface area contributed by atoms with Gasteiger partial charge in [0.05, 0.1) is 30.4 Å². The van der Waals surface area contributed by atoms with Crippen LogP contribution < -0.4 is 10.9 Å². The maximum Gasteiger partial charge on any atom is 0.272 e. The molecule has 2 aromatic heterocycles. The number of carbonyl (C=O) groups is 1. The topological polar surface area (TPSA) is 115 Å². The van der Waals surface area contributed by atoms with Crippen LogP contribution >= 0.6 is 0 Å². The van der Waals surface area contributed by atoms with Gasteiger partial charge in [0.25, 0.3) is 5.56 Å². The molecule has 9 heteroatoms. The lowest BCUT2D eigenvalue weighted by Crippen LogP contribution is -2.30. The van der Waals surface area contributed by atoms with Gasteiger partial charge in [-0.15, -0.1) is 5.10 Å². The van der Waals surface area contributed by atoms with Crippen LogP contribution in [-0.4, -0.2) is 48.7 Å². The second kappa shape index (κ2) is 7.22. The normalized spacial score (nSPS) is 11.0. The zero-order valence-corrected chi connectivity index (χ0v) is 13.7. The van der Waals surface area contributed by atoms with Crippen LogP contribution in [0.3, 0.4) is 0 Å². The fraction of sp³-hybridized carbons (Fsp3) is 0.312. The van der Waals surface area contributed by atoms with E-state index in [-0.39, 0.29) is 37.7 Å². The lowest BCUT2D eigenvalue weighted by molar-refractivity contribution is -0.122. The van der Waals surface area contributed by atoms with Gasteiger partial charge in [-0.25, -0.2) is 9.67 Å². The monoisotopic (exact) mass is 342 g/mol. The summed E-state index contributed by atoms with van der Waals surface area (Å²) in [6.07, 6.45) is 1.62. The van der Waals surface area contributed by atoms with Crippen molar-refractivity contribution in [3.63, 3.8) is 0 Å². The highest BCUT2D eigenvalue weighted by Gasteiger charge is 2.11. The number of fused-ring (bicyclic) bond motifs is 1. The van der Waals surface area contributed by atoms with Gasteiger partial charge in [0.15, 0.2) is 0 Å². The Bertz CT molecular complexity index is 962. The third-order valence-corrected chi connectivity index (χ3v) is 3.66. The van der Waals surface area contributed by atoms with Gasteiger partial charge in [-0.2, -0.15) is 0 Å². The van der Waals surface area contributed by atoms with Crippen LogP contribution in [-0.2, 0) is 17.9 Å². The molecule has 9 nitrogen and oxygen atoms in total. The van der Waals surface area contributed by atoms with E-state index >= 15 is 0 Å². The predicted molar refractivity (Wildman–Crippen MR) is 90.0 cm³/mol. The van der Waals surface area contributed by atoms with E-state index in [0.29, 0.717) is 16.9 Å². The van der Waals surface area contributed by atoms with Crippen molar-refractivity contribution in [2.75, 3.05) is 13.2 Å². The molecule has 3 rings (SSSR count). The van der Waals surface area contributed by atoms with Crippen molar-refractivity contribution in [3.05, 3.63) is 52.2 Å². The summed E-state index contributed by atoms with van der Waals surface area (Å²) >= 11 is 0. The molecule has 0 aliphatic rings. The number of benzene rings is 1. The number of carbonyl (C=O) groups excluding carboxylic acids is 1. The number of aromatic nitrogens is 5. The zero-order chi connectivity index (χ0) is 17.8. The van der Waals surface area contributed by atoms with Gasteiger partial charge in [-0.1, -0.05) is 17.3 Å². The number of rotatable bonds is 6. The molecule has 2 heterocycles. The first-order valence-corrected chi connectivity index (χ1v) is 7.81. The summed E-state index contributed by atoms with van der Waals surface area (Å²) in [7, 11) is 0. The van der Waals surface area contributed by atoms with Crippen molar-refractivity contribution in [3.8, 4) is 0 Å². The van der Waals surface area contributed by atoms with Gasteiger partial charge in [0, 0.05) is 6.54 Å². The van der Waals surface area contributed by atoms with E-state index in [0.717, 1.165) is 5.52 Å². The molecule has 0 radical (unpaired) electrons. The Balaban J connectivity index is 1.84. The van der Waals surface area contributed by atoms with E-state index in [4.69, 9.17) is 5.11 Å². The lowest BCUT2D eigenvalue weighted by Gasteiger charge is -2.09. The van der Waals surface area contributed by atoms with Crippen molar-refractivity contribution in [1.82, 2.24) is 29.9 Å². The Morgan fingerprint density at radius 3 is 2.92 bits per heavy atom. The molecule has 1 aromatic carbocycles. The average molecular weight is 342 g/mol. The Morgan fingerprint density at radius 2 is 2.12 bits per heavy atom. The summed E-state index contributed by atoms with van der Waals surface area (Å²) in [6.45, 7) is 1.98. The minimum Gasteiger partial charge on any atom is -0.395 e. The second-order valence-corrected chi connectivity index (χ2v) is 5.56. The Hall–Kier alpha value is -3.07. The molecule has 0 spiro atoms. The van der Waals surface area contributed by atoms with Crippen molar-refractivity contribution in [2.24, 2.45) is 0 Å². The van der Waals surface area contributed by atoms with E-state index < -0.39 is 0 Å². The zero-order valence-electron chi connectivity index (χ0n) is 13.7. The molecule has 0 aliphatic carbocycles. The average Bonchev–Trinajstić information content (AvgIpc) is 3.04. The summed E-state index contributed by atoms with van der Waals surface area (Å²) in [4.78, 5) is 28.4. The number of para-hydroxylation sites is 2. The third-order valence-electron chi connectivity index (χ3n) is 3.66. The molecule has 3 aromatic rings. The maximum absolute atomic E-state index is 12.4. The fourth-order valence-corrected chi connectivity index (χ4v) is 2.53. The van der Waals surface area contributed by atoms with E-state index in [1.165, 1.54) is 4.68 Å². The highest BCUT2D eigenvalue weighted by atomic mass is 16.3. The van der Waals surface area contributed by atoms with Crippen molar-refractivity contribution in [2.45, 2.75) is 20.0 Å². The number of hydrogen-bond donors (Lipinski definition) is 2. The number of aryl methyl sites for hydroxylation is 1. The Kier molecular flexibility index (Phi) is 4.85. The first-order chi connectivity index (χ1) is 12.1. The van der Waals surface area contributed by atoms with E-state index in [2.05, 4.69) is 20.6 Å². The molecule has 0 fully saturated rings. The van der Waals surface area contributed by atoms with Crippen LogP contribution in [0.1, 0.15) is 11.4 Å². The molecule has 2 N–H and O–H groups in total. The van der Waals surface area contributed by atoms with Gasteiger partial charge in [0.2, 0.25) is 5.91 Å². The molecule has 0 saturated carbocycles. The molecule has 1 amide bonds. The van der Waals surface area contributed by atoms with Gasteiger partial charge in [0.1, 0.15) is 17.9 Å². The highest BCUT2D eigenvalue weighted by molar-refractivity contribution is 5.75. The Morgan fingerprint density at radius 1 is 1.32 bits per heavy atom. The second-order valence-electron chi connectivity index (χ2n) is 5.56. The van der Waals surface area contributed by atoms with Gasteiger partial charge in [-0.05, 0) is 19.1 Å². The summed E-state index contributed by atoms with van der Waals surface area (Å²) in [5.41, 5.74) is 2.24. The van der Waals surface area contributed by atoms with E-state index in [1.807, 2.05) is 24.3 Å². The van der Waals surface area contributed by atoms with Crippen LogP contribution in [0.5, 0.6) is 0 Å². The first-order valence-electron chi connectivity index (χ1n) is 7.81. The molecule has 25 heavy (non-hydrogen) atoms. The van der Waals surface area contributed by atoms with Gasteiger partial charge < -0.3 is 10.4 Å². The number of aliphatic hydroxyl groups excluding tert-OH is 1. The summed E-state index contributed by atoms with van der Waals surface area (Å²) in [5, 5.41) is 19.2. The fourth-order valence-electron chi connectivity index (χ4n) is 2.53. The van der Waals surface area contributed by atoms with Crippen molar-refractivity contribution >= 4 is 16.9 Å². The van der Waals surface area contributed by atoms with Crippen LogP contribution in [0.4, 0.5) is 0 Å². The number of nitrogens with zero attached hydrogens (tertiary/aromatic N) is 5. The quantitative estimate of drug-likeness (QED) is 0.621. The van der Waals surface area contributed by atoms with Crippen LogP contribution in [0.2, 0.25) is 0 Å². The van der Waals surface area contributed by atoms with Crippen LogP contribution in [0.15, 0.2) is 35.3 Å². The standard InChI is InChI=1S/C16H18N6O3/c1-11-16(25)22(14-5-3-2-4-13(14)18-11)9-12-8-21(20-19-12)10-15(24)17-6-7-23/h2-5,8,23H,6-7,9-10H2,1H3,(H,17,24). The number of nitrogens with one attached hydrogen (secondary N) is 1. The molecule has 130 valence electrons. The molecule has 0 bridgehead atoms. The molecular formula is C16H18N6O3. The first kappa shape index (κ1) is 16.8. The van der Waals surface area contributed by atoms with Crippen LogP contribution in [0.25, 0.3) is 11.0 Å². The SMILES string of the molecule is Cc1nc2ccccc2n(Cc2cn(CC(=O)NCCO)nn2)c1=O. The minimum atomic E-state index is -0.270. The maximum atomic E-state index is 12.4. The summed E-state index contributed by atoms with van der Waals surface area (Å²) < 4.78 is 2.99. The van der Waals surface area contributed by atoms with Crippen molar-refractivity contribution < 1.29 is 9.90 Å². The Labute approximate surface area is 142 Å². The summed E-state index contributed by atoms with van der Waals surface area (Å²) in [5.74, 6) is -0.270. The number of amides is 1. The van der Waals surface area contributed by atoms with E-state index in [9.17, 15) is 9.59 Å². The number of hydrogen-bond acceptors (Lipinski definition) is 6. The summed E-state index contributed by atoms with van der Waals surface area (Å²) in [6, 6.07) is 7.39. The van der Waals surface area contributed by atoms with E-state index in [1.54, 1.807) is 17.7 Å². The predicted octanol–water partition coefficient (Wildman–Crippen LogP) is -0.547. The highest BCUT2D eigenvalue weighted by Crippen LogP contribution is 2.11. The minimum absolute atomic E-state index is 0.00196. The smallest absolute Gasteiger partial charge is 0.272 e. The van der Waals surface area contributed by atoms with Gasteiger partial charge in [-0.3, -0.25) is 14.2 Å². The van der Waals surface area contributed by atoms with Crippen LogP contribution in [0, 0.1) is 6.92 Å². The molecular weight excluding hydrogens is 324 g/mol. The molecule has 0 atom stereocenters. The van der Waals surface area contributed by atoms with Crippen molar-refractivity contribution in [1.29, 1.82) is 0 Å². The molecule has 0 saturated heterocycles.